The third kappa shape index (κ3) is 4.35. The fraction of sp³-hybridized carbons (Fsp3) is 0.412. The molecule has 1 N–H and O–H groups in total. The van der Waals surface area contributed by atoms with E-state index in [4.69, 9.17) is 9.15 Å². The van der Waals surface area contributed by atoms with Crippen LogP contribution in [0.5, 0.6) is 5.75 Å². The lowest BCUT2D eigenvalue weighted by molar-refractivity contribution is -0.121. The van der Waals surface area contributed by atoms with Crippen molar-refractivity contribution >= 4 is 16.9 Å². The topological polar surface area (TPSA) is 68.5 Å². The van der Waals surface area contributed by atoms with Crippen LogP contribution in [0.2, 0.25) is 0 Å². The van der Waals surface area contributed by atoms with Crippen molar-refractivity contribution in [1.29, 1.82) is 0 Å². The molecule has 1 aromatic carbocycles. The van der Waals surface area contributed by atoms with Gasteiger partial charge < -0.3 is 14.5 Å². The summed E-state index contributed by atoms with van der Waals surface area (Å²) in [5.41, 5.74) is 1.05. The first kappa shape index (κ1) is 16.1. The van der Waals surface area contributed by atoms with Gasteiger partial charge in [0, 0.05) is 23.9 Å². The van der Waals surface area contributed by atoms with Crippen LogP contribution in [-0.4, -0.2) is 18.6 Å². The Morgan fingerprint density at radius 2 is 2.09 bits per heavy atom. The Labute approximate surface area is 129 Å². The molecule has 0 aliphatic rings. The fourth-order valence-corrected chi connectivity index (χ4v) is 2.21. The standard InChI is InChI=1S/C17H21NO4/c1-11(2)18-16(19)5-4-8-21-13-6-7-15-14(10-13)12(3)9-17(20)22-15/h6-7,9-11H,4-5,8H2,1-3H3,(H,18,19). The number of amides is 1. The van der Waals surface area contributed by atoms with Crippen LogP contribution in [0.3, 0.4) is 0 Å². The number of benzene rings is 1. The molecule has 0 aliphatic heterocycles. The summed E-state index contributed by atoms with van der Waals surface area (Å²) in [4.78, 5) is 22.8. The van der Waals surface area contributed by atoms with Crippen LogP contribution in [0.15, 0.2) is 33.5 Å². The summed E-state index contributed by atoms with van der Waals surface area (Å²) in [5, 5.41) is 3.70. The molecule has 0 aliphatic carbocycles. The minimum Gasteiger partial charge on any atom is -0.494 e. The van der Waals surface area contributed by atoms with Gasteiger partial charge in [0.25, 0.3) is 0 Å². The van der Waals surface area contributed by atoms with E-state index in [1.807, 2.05) is 26.8 Å². The molecule has 2 rings (SSSR count). The Kier molecular flexibility index (Phi) is 5.20. The van der Waals surface area contributed by atoms with Crippen molar-refractivity contribution in [2.75, 3.05) is 6.61 Å². The van der Waals surface area contributed by atoms with Gasteiger partial charge in [0.05, 0.1) is 6.61 Å². The zero-order valence-electron chi connectivity index (χ0n) is 13.1. The van der Waals surface area contributed by atoms with Gasteiger partial charge in [-0.05, 0) is 51.0 Å². The summed E-state index contributed by atoms with van der Waals surface area (Å²) in [6.45, 7) is 6.19. The van der Waals surface area contributed by atoms with Crippen LogP contribution in [0.1, 0.15) is 32.3 Å². The van der Waals surface area contributed by atoms with Crippen molar-refractivity contribution in [2.45, 2.75) is 39.7 Å². The van der Waals surface area contributed by atoms with Crippen LogP contribution in [0.4, 0.5) is 0 Å². The monoisotopic (exact) mass is 303 g/mol. The molecule has 0 spiro atoms. The molecule has 5 heteroatoms. The predicted octanol–water partition coefficient (Wildman–Crippen LogP) is 2.79. The summed E-state index contributed by atoms with van der Waals surface area (Å²) in [6.07, 6.45) is 1.10. The summed E-state index contributed by atoms with van der Waals surface area (Å²) in [7, 11) is 0. The van der Waals surface area contributed by atoms with E-state index in [1.54, 1.807) is 12.1 Å². The Bertz CT molecular complexity index is 718. The minimum absolute atomic E-state index is 0.0368. The molecule has 1 aromatic heterocycles. The number of nitrogens with one attached hydrogen (secondary N) is 1. The molecule has 0 saturated carbocycles. The average Bonchev–Trinajstić information content (AvgIpc) is 2.43. The van der Waals surface area contributed by atoms with Crippen molar-refractivity contribution < 1.29 is 13.9 Å². The molecule has 0 saturated heterocycles. The van der Waals surface area contributed by atoms with Crippen LogP contribution < -0.4 is 15.7 Å². The van der Waals surface area contributed by atoms with Gasteiger partial charge >= 0.3 is 5.63 Å². The molecule has 1 heterocycles. The van der Waals surface area contributed by atoms with Gasteiger partial charge in [0.2, 0.25) is 5.91 Å². The smallest absolute Gasteiger partial charge is 0.336 e. The highest BCUT2D eigenvalue weighted by Gasteiger charge is 2.05. The molecule has 0 radical (unpaired) electrons. The second kappa shape index (κ2) is 7.11. The maximum atomic E-state index is 11.5. The van der Waals surface area contributed by atoms with E-state index < -0.39 is 0 Å². The maximum Gasteiger partial charge on any atom is 0.336 e. The lowest BCUT2D eigenvalue weighted by atomic mass is 10.1. The Hall–Kier alpha value is -2.30. The molecule has 0 bridgehead atoms. The summed E-state index contributed by atoms with van der Waals surface area (Å²) < 4.78 is 10.8. The highest BCUT2D eigenvalue weighted by Crippen LogP contribution is 2.22. The summed E-state index contributed by atoms with van der Waals surface area (Å²) >= 11 is 0. The van der Waals surface area contributed by atoms with E-state index in [1.165, 1.54) is 6.07 Å². The normalized spacial score (nSPS) is 10.9. The Morgan fingerprint density at radius 3 is 2.82 bits per heavy atom. The van der Waals surface area contributed by atoms with Crippen LogP contribution >= 0.6 is 0 Å². The average molecular weight is 303 g/mol. The number of ether oxygens (including phenoxy) is 1. The molecule has 118 valence electrons. The van der Waals surface area contributed by atoms with Crippen molar-refractivity contribution in [3.05, 3.63) is 40.2 Å². The Balaban J connectivity index is 1.92. The van der Waals surface area contributed by atoms with Crippen molar-refractivity contribution in [3.63, 3.8) is 0 Å². The van der Waals surface area contributed by atoms with E-state index >= 15 is 0 Å². The maximum absolute atomic E-state index is 11.5. The lowest BCUT2D eigenvalue weighted by Crippen LogP contribution is -2.30. The van der Waals surface area contributed by atoms with E-state index in [-0.39, 0.29) is 17.6 Å². The summed E-state index contributed by atoms with van der Waals surface area (Å²) in [6, 6.07) is 6.96. The molecule has 1 amide bonds. The number of hydrogen-bond donors (Lipinski definition) is 1. The first-order valence-electron chi connectivity index (χ1n) is 7.42. The second-order valence-electron chi connectivity index (χ2n) is 5.58. The van der Waals surface area contributed by atoms with Gasteiger partial charge in [-0.15, -0.1) is 0 Å². The van der Waals surface area contributed by atoms with Crippen LogP contribution in [0.25, 0.3) is 11.0 Å². The zero-order chi connectivity index (χ0) is 16.1. The summed E-state index contributed by atoms with van der Waals surface area (Å²) in [5.74, 6) is 0.739. The molecule has 5 nitrogen and oxygen atoms in total. The van der Waals surface area contributed by atoms with Crippen molar-refractivity contribution in [3.8, 4) is 5.75 Å². The van der Waals surface area contributed by atoms with Crippen LogP contribution in [0, 0.1) is 6.92 Å². The van der Waals surface area contributed by atoms with E-state index in [2.05, 4.69) is 5.32 Å². The highest BCUT2D eigenvalue weighted by molar-refractivity contribution is 5.81. The third-order valence-electron chi connectivity index (χ3n) is 3.19. The van der Waals surface area contributed by atoms with Gasteiger partial charge in [-0.2, -0.15) is 0 Å². The number of hydrogen-bond acceptors (Lipinski definition) is 4. The number of carbonyl (C=O) groups excluding carboxylic acids is 1. The van der Waals surface area contributed by atoms with Gasteiger partial charge in [0.15, 0.2) is 0 Å². The molecular weight excluding hydrogens is 282 g/mol. The zero-order valence-corrected chi connectivity index (χ0v) is 13.1. The minimum atomic E-state index is -0.352. The number of carbonyl (C=O) groups is 1. The van der Waals surface area contributed by atoms with E-state index in [0.29, 0.717) is 30.8 Å². The van der Waals surface area contributed by atoms with Gasteiger partial charge in [-0.3, -0.25) is 4.79 Å². The first-order valence-corrected chi connectivity index (χ1v) is 7.42. The first-order chi connectivity index (χ1) is 10.5. The molecule has 0 atom stereocenters. The van der Waals surface area contributed by atoms with Crippen molar-refractivity contribution in [1.82, 2.24) is 5.32 Å². The quantitative estimate of drug-likeness (QED) is 0.658. The second-order valence-corrected chi connectivity index (χ2v) is 5.58. The molecule has 2 aromatic rings. The SMILES string of the molecule is Cc1cc(=O)oc2ccc(OCCCC(=O)NC(C)C)cc12. The number of aryl methyl sites for hydroxylation is 1. The van der Waals surface area contributed by atoms with E-state index in [0.717, 1.165) is 10.9 Å². The Morgan fingerprint density at radius 1 is 1.32 bits per heavy atom. The number of fused-ring (bicyclic) bond motifs is 1. The van der Waals surface area contributed by atoms with Crippen LogP contribution in [-0.2, 0) is 4.79 Å². The molecule has 22 heavy (non-hydrogen) atoms. The number of rotatable bonds is 6. The largest absolute Gasteiger partial charge is 0.494 e. The van der Waals surface area contributed by atoms with Gasteiger partial charge in [-0.1, -0.05) is 0 Å². The molecular formula is C17H21NO4. The lowest BCUT2D eigenvalue weighted by Gasteiger charge is -2.09. The fourth-order valence-electron chi connectivity index (χ4n) is 2.21. The highest BCUT2D eigenvalue weighted by atomic mass is 16.5. The van der Waals surface area contributed by atoms with Gasteiger partial charge in [0.1, 0.15) is 11.3 Å². The van der Waals surface area contributed by atoms with E-state index in [9.17, 15) is 9.59 Å². The third-order valence-corrected chi connectivity index (χ3v) is 3.19. The molecule has 0 fully saturated rings. The van der Waals surface area contributed by atoms with Gasteiger partial charge in [-0.25, -0.2) is 4.79 Å². The van der Waals surface area contributed by atoms with Crippen molar-refractivity contribution in [2.24, 2.45) is 0 Å². The predicted molar refractivity (Wildman–Crippen MR) is 85.2 cm³/mol. The molecule has 0 unspecified atom stereocenters.